The molecule has 1 aliphatic heterocycles. The van der Waals surface area contributed by atoms with Crippen LogP contribution in [0.15, 0.2) is 30.4 Å². The van der Waals surface area contributed by atoms with Gasteiger partial charge in [0.25, 0.3) is 0 Å². The molecule has 4 rings (SSSR count). The monoisotopic (exact) mass is 310 g/mol. The summed E-state index contributed by atoms with van der Waals surface area (Å²) in [5, 5.41) is 3.44. The minimum absolute atomic E-state index is 0.0840. The Balaban J connectivity index is 1.55. The maximum Gasteiger partial charge on any atom is 0.230 e. The van der Waals surface area contributed by atoms with Gasteiger partial charge in [-0.2, -0.15) is 0 Å². The molecule has 0 aromatic heterocycles. The second-order valence-electron chi connectivity index (χ2n) is 7.45. The fourth-order valence-electron chi connectivity index (χ4n) is 4.13. The van der Waals surface area contributed by atoms with Crippen LogP contribution in [0.5, 0.6) is 0 Å². The first-order valence-corrected chi connectivity index (χ1v) is 8.90. The molecule has 1 aromatic rings. The Morgan fingerprint density at radius 2 is 2.04 bits per heavy atom. The minimum atomic E-state index is 0.0840. The average molecular weight is 310 g/mol. The molecule has 1 saturated heterocycles. The van der Waals surface area contributed by atoms with Crippen molar-refractivity contribution in [1.82, 2.24) is 10.2 Å². The first-order chi connectivity index (χ1) is 11.1. The molecular weight excluding hydrogens is 284 g/mol. The predicted octanol–water partition coefficient (Wildman–Crippen LogP) is 2.82. The highest BCUT2D eigenvalue weighted by Crippen LogP contribution is 2.38. The molecule has 3 heteroatoms. The van der Waals surface area contributed by atoms with Crippen LogP contribution in [-0.2, 0) is 11.3 Å². The summed E-state index contributed by atoms with van der Waals surface area (Å²) in [5.41, 5.74) is 3.94. The summed E-state index contributed by atoms with van der Waals surface area (Å²) >= 11 is 0. The molecule has 3 unspecified atom stereocenters. The molecule has 1 aromatic carbocycles. The van der Waals surface area contributed by atoms with Gasteiger partial charge in [-0.1, -0.05) is 30.4 Å². The summed E-state index contributed by atoms with van der Waals surface area (Å²) in [6.07, 6.45) is 6.77. The quantitative estimate of drug-likeness (QED) is 0.867. The molecule has 0 spiro atoms. The highest BCUT2D eigenvalue weighted by molar-refractivity contribution is 5.82. The number of amides is 1. The number of aryl methyl sites for hydroxylation is 1. The second-order valence-corrected chi connectivity index (χ2v) is 7.45. The Hall–Kier alpha value is -1.61. The molecule has 2 aliphatic carbocycles. The number of rotatable bonds is 4. The fourth-order valence-corrected chi connectivity index (χ4v) is 4.13. The Morgan fingerprint density at radius 3 is 2.83 bits per heavy atom. The fraction of sp³-hybridized carbons (Fsp3) is 0.550. The van der Waals surface area contributed by atoms with Crippen LogP contribution in [-0.4, -0.2) is 29.9 Å². The predicted molar refractivity (Wildman–Crippen MR) is 92.0 cm³/mol. The molecule has 3 atom stereocenters. The van der Waals surface area contributed by atoms with Gasteiger partial charge in [0.15, 0.2) is 0 Å². The number of nitrogens with one attached hydrogen (secondary N) is 1. The van der Waals surface area contributed by atoms with Gasteiger partial charge in [0, 0.05) is 19.1 Å². The number of carbonyl (C=O) groups excluding carboxylic acids is 1. The van der Waals surface area contributed by atoms with Gasteiger partial charge in [-0.05, 0) is 61.8 Å². The summed E-state index contributed by atoms with van der Waals surface area (Å²) in [5.74, 6) is 1.47. The lowest BCUT2D eigenvalue weighted by Gasteiger charge is -2.28. The number of nitrogens with zero attached hydrogens (tertiary/aromatic N) is 1. The van der Waals surface area contributed by atoms with Crippen molar-refractivity contribution in [2.75, 3.05) is 13.1 Å². The molecule has 23 heavy (non-hydrogen) atoms. The van der Waals surface area contributed by atoms with E-state index in [4.69, 9.17) is 0 Å². The second kappa shape index (κ2) is 5.79. The Bertz CT molecular complexity index is 647. The summed E-state index contributed by atoms with van der Waals surface area (Å²) in [4.78, 5) is 15.4. The first kappa shape index (κ1) is 14.9. The van der Waals surface area contributed by atoms with Crippen LogP contribution in [0.1, 0.15) is 29.5 Å². The zero-order valence-corrected chi connectivity index (χ0v) is 14.1. The molecule has 0 radical (unpaired) electrons. The largest absolute Gasteiger partial charge is 0.335 e. The van der Waals surface area contributed by atoms with E-state index in [0.29, 0.717) is 23.8 Å². The molecule has 122 valence electrons. The summed E-state index contributed by atoms with van der Waals surface area (Å²) in [6, 6.07) is 6.90. The van der Waals surface area contributed by atoms with Crippen LogP contribution >= 0.6 is 0 Å². The number of fused-ring (bicyclic) bond motifs is 1. The van der Waals surface area contributed by atoms with E-state index in [1.54, 1.807) is 0 Å². The molecule has 3 nitrogen and oxygen atoms in total. The topological polar surface area (TPSA) is 32.3 Å². The molecule has 0 bridgehead atoms. The highest BCUT2D eigenvalue weighted by Gasteiger charge is 2.43. The average Bonchev–Trinajstić information content (AvgIpc) is 3.13. The minimum Gasteiger partial charge on any atom is -0.335 e. The van der Waals surface area contributed by atoms with Crippen LogP contribution in [0.2, 0.25) is 0 Å². The maximum absolute atomic E-state index is 13.2. The van der Waals surface area contributed by atoms with E-state index in [9.17, 15) is 4.79 Å². The zero-order valence-electron chi connectivity index (χ0n) is 14.1. The van der Waals surface area contributed by atoms with Gasteiger partial charge >= 0.3 is 0 Å². The van der Waals surface area contributed by atoms with Gasteiger partial charge in [-0.15, -0.1) is 0 Å². The lowest BCUT2D eigenvalue weighted by atomic mass is 9.89. The normalized spacial score (nSPS) is 28.9. The van der Waals surface area contributed by atoms with Crippen LogP contribution in [0, 0.1) is 31.6 Å². The molecular formula is C20H26N2O. The van der Waals surface area contributed by atoms with Gasteiger partial charge in [0.05, 0.1) is 5.92 Å². The van der Waals surface area contributed by atoms with Crippen LogP contribution in [0.3, 0.4) is 0 Å². The van der Waals surface area contributed by atoms with E-state index < -0.39 is 0 Å². The zero-order chi connectivity index (χ0) is 16.0. The lowest BCUT2D eigenvalue weighted by Crippen LogP contribution is -2.39. The van der Waals surface area contributed by atoms with E-state index in [1.807, 2.05) is 0 Å². The van der Waals surface area contributed by atoms with E-state index in [2.05, 4.69) is 54.4 Å². The third kappa shape index (κ3) is 2.72. The Morgan fingerprint density at radius 1 is 1.22 bits per heavy atom. The van der Waals surface area contributed by atoms with Gasteiger partial charge < -0.3 is 10.2 Å². The van der Waals surface area contributed by atoms with Gasteiger partial charge in [0.2, 0.25) is 5.91 Å². The van der Waals surface area contributed by atoms with E-state index in [0.717, 1.165) is 19.6 Å². The summed E-state index contributed by atoms with van der Waals surface area (Å²) < 4.78 is 0. The van der Waals surface area contributed by atoms with Crippen LogP contribution in [0.25, 0.3) is 0 Å². The number of carbonyl (C=O) groups is 1. The van der Waals surface area contributed by atoms with Crippen molar-refractivity contribution in [3.05, 3.63) is 47.0 Å². The van der Waals surface area contributed by atoms with Gasteiger partial charge in [-0.3, -0.25) is 4.79 Å². The third-order valence-electron chi connectivity index (χ3n) is 5.95. The summed E-state index contributed by atoms with van der Waals surface area (Å²) in [7, 11) is 0. The van der Waals surface area contributed by atoms with Crippen molar-refractivity contribution < 1.29 is 4.79 Å². The smallest absolute Gasteiger partial charge is 0.230 e. The van der Waals surface area contributed by atoms with E-state index in [-0.39, 0.29) is 5.92 Å². The lowest BCUT2D eigenvalue weighted by molar-refractivity contribution is -0.136. The van der Waals surface area contributed by atoms with Crippen molar-refractivity contribution in [3.63, 3.8) is 0 Å². The standard InChI is InChI=1S/C20H26N2O/c1-13-4-3-5-16(14(13)2)12-22(17-7-8-17)20(23)18-9-6-15-10-21-11-19(15)18/h3-6,9,15,17-19,21H,7-8,10-12H2,1-2H3. The van der Waals surface area contributed by atoms with Crippen LogP contribution in [0.4, 0.5) is 0 Å². The van der Waals surface area contributed by atoms with Gasteiger partial charge in [-0.25, -0.2) is 0 Å². The van der Waals surface area contributed by atoms with Crippen molar-refractivity contribution >= 4 is 5.91 Å². The number of hydrogen-bond acceptors (Lipinski definition) is 2. The van der Waals surface area contributed by atoms with E-state index >= 15 is 0 Å². The Kier molecular flexibility index (Phi) is 3.76. The van der Waals surface area contributed by atoms with Crippen LogP contribution < -0.4 is 5.32 Å². The number of benzene rings is 1. The van der Waals surface area contributed by atoms with Crippen molar-refractivity contribution in [2.45, 2.75) is 39.3 Å². The molecule has 1 N–H and O–H groups in total. The first-order valence-electron chi connectivity index (χ1n) is 8.90. The maximum atomic E-state index is 13.2. The number of hydrogen-bond donors (Lipinski definition) is 1. The molecule has 1 heterocycles. The van der Waals surface area contributed by atoms with Crippen molar-refractivity contribution in [1.29, 1.82) is 0 Å². The molecule has 3 aliphatic rings. The van der Waals surface area contributed by atoms with Gasteiger partial charge in [0.1, 0.15) is 0 Å². The third-order valence-corrected chi connectivity index (χ3v) is 5.95. The Labute approximate surface area is 138 Å². The molecule has 1 saturated carbocycles. The molecule has 1 amide bonds. The molecule has 2 fully saturated rings. The van der Waals surface area contributed by atoms with Crippen molar-refractivity contribution in [2.24, 2.45) is 17.8 Å². The SMILES string of the molecule is Cc1cccc(CN(C(=O)C2C=CC3CNCC32)C2CC2)c1C. The highest BCUT2D eigenvalue weighted by atomic mass is 16.2. The summed E-state index contributed by atoms with van der Waals surface area (Å²) in [6.45, 7) is 7.11. The van der Waals surface area contributed by atoms with Crippen molar-refractivity contribution in [3.8, 4) is 0 Å². The van der Waals surface area contributed by atoms with E-state index in [1.165, 1.54) is 29.5 Å².